The second-order valence-electron chi connectivity index (χ2n) is 6.05. The van der Waals surface area contributed by atoms with Gasteiger partial charge in [-0.15, -0.1) is 0 Å². The van der Waals surface area contributed by atoms with E-state index in [-0.39, 0.29) is 17.3 Å². The van der Waals surface area contributed by atoms with Gasteiger partial charge in [0.25, 0.3) is 0 Å². The average Bonchev–Trinajstić information content (AvgIpc) is 2.46. The summed E-state index contributed by atoms with van der Waals surface area (Å²) < 4.78 is 38.7. The van der Waals surface area contributed by atoms with E-state index < -0.39 is 15.8 Å². The molecule has 1 aromatic rings. The van der Waals surface area contributed by atoms with Crippen molar-refractivity contribution in [3.63, 3.8) is 0 Å². The summed E-state index contributed by atoms with van der Waals surface area (Å²) in [5, 5.41) is 0. The number of benzene rings is 1. The number of hydrogen-bond donors (Lipinski definition) is 0. The smallest absolute Gasteiger partial charge is 0.242 e. The number of rotatable bonds is 8. The zero-order valence-corrected chi connectivity index (χ0v) is 14.9. The lowest BCUT2D eigenvalue weighted by Gasteiger charge is -2.20. The Morgan fingerprint density at radius 3 is 2.26 bits per heavy atom. The third kappa shape index (κ3) is 5.91. The molecular formula is C16H25FN2O3S. The summed E-state index contributed by atoms with van der Waals surface area (Å²) in [5.41, 5.74) is 0. The van der Waals surface area contributed by atoms with Crippen molar-refractivity contribution in [1.29, 1.82) is 0 Å². The molecule has 0 fully saturated rings. The van der Waals surface area contributed by atoms with Gasteiger partial charge in [-0.3, -0.25) is 4.79 Å². The zero-order valence-electron chi connectivity index (χ0n) is 14.1. The molecule has 0 spiro atoms. The van der Waals surface area contributed by atoms with Crippen LogP contribution in [0.25, 0.3) is 0 Å². The normalized spacial score (nSPS) is 12.0. The molecule has 0 radical (unpaired) electrons. The molecule has 0 aliphatic rings. The Hall–Kier alpha value is -1.47. The van der Waals surface area contributed by atoms with Gasteiger partial charge in [-0.25, -0.2) is 17.1 Å². The number of carbonyl (C=O) groups is 1. The highest BCUT2D eigenvalue weighted by atomic mass is 32.2. The fraction of sp³-hybridized carbons (Fsp3) is 0.562. The standard InChI is InChI=1S/C16H25FN2O3S/c1-13(2)12-18(3)16(20)6-5-11-19(4)23(21,22)15-9-7-14(17)8-10-15/h7-10,13H,5-6,11-12H2,1-4H3. The van der Waals surface area contributed by atoms with Crippen molar-refractivity contribution in [3.05, 3.63) is 30.1 Å². The lowest BCUT2D eigenvalue weighted by Crippen LogP contribution is -2.32. The van der Waals surface area contributed by atoms with Crippen LogP contribution in [0.2, 0.25) is 0 Å². The third-order valence-electron chi connectivity index (χ3n) is 3.45. The van der Waals surface area contributed by atoms with E-state index in [1.165, 1.54) is 23.5 Å². The van der Waals surface area contributed by atoms with Crippen molar-refractivity contribution in [1.82, 2.24) is 9.21 Å². The highest BCUT2D eigenvalue weighted by Gasteiger charge is 2.21. The van der Waals surface area contributed by atoms with Crippen LogP contribution in [-0.4, -0.2) is 50.7 Å². The molecule has 5 nitrogen and oxygen atoms in total. The van der Waals surface area contributed by atoms with Crippen LogP contribution in [0, 0.1) is 11.7 Å². The lowest BCUT2D eigenvalue weighted by molar-refractivity contribution is -0.130. The first-order valence-corrected chi connectivity index (χ1v) is 9.04. The Morgan fingerprint density at radius 1 is 1.17 bits per heavy atom. The molecule has 1 amide bonds. The predicted molar refractivity (Wildman–Crippen MR) is 87.9 cm³/mol. The van der Waals surface area contributed by atoms with Gasteiger partial charge in [0.2, 0.25) is 15.9 Å². The van der Waals surface area contributed by atoms with Crippen LogP contribution in [0.3, 0.4) is 0 Å². The summed E-state index contributed by atoms with van der Waals surface area (Å²) in [7, 11) is -0.441. The summed E-state index contributed by atoms with van der Waals surface area (Å²) in [6.07, 6.45) is 0.741. The van der Waals surface area contributed by atoms with Crippen molar-refractivity contribution < 1.29 is 17.6 Å². The van der Waals surface area contributed by atoms with Crippen LogP contribution in [0.15, 0.2) is 29.2 Å². The van der Waals surface area contributed by atoms with Crippen molar-refractivity contribution in [2.24, 2.45) is 5.92 Å². The molecule has 0 saturated carbocycles. The van der Waals surface area contributed by atoms with Crippen LogP contribution in [0.5, 0.6) is 0 Å². The zero-order chi connectivity index (χ0) is 17.6. The van der Waals surface area contributed by atoms with Crippen LogP contribution in [0.4, 0.5) is 4.39 Å². The number of hydrogen-bond acceptors (Lipinski definition) is 3. The van der Waals surface area contributed by atoms with E-state index >= 15 is 0 Å². The van der Waals surface area contributed by atoms with Gasteiger partial charge in [0.05, 0.1) is 4.90 Å². The van der Waals surface area contributed by atoms with Gasteiger partial charge in [-0.2, -0.15) is 0 Å². The Balaban J connectivity index is 2.54. The van der Waals surface area contributed by atoms with E-state index in [4.69, 9.17) is 0 Å². The maximum Gasteiger partial charge on any atom is 0.242 e. The SMILES string of the molecule is CC(C)CN(C)C(=O)CCCN(C)S(=O)(=O)c1ccc(F)cc1. The molecule has 0 aromatic heterocycles. The van der Waals surface area contributed by atoms with Gasteiger partial charge < -0.3 is 4.90 Å². The number of carbonyl (C=O) groups excluding carboxylic acids is 1. The van der Waals surface area contributed by atoms with E-state index in [1.807, 2.05) is 13.8 Å². The molecule has 0 N–H and O–H groups in total. The van der Waals surface area contributed by atoms with Crippen LogP contribution >= 0.6 is 0 Å². The number of nitrogens with zero attached hydrogens (tertiary/aromatic N) is 2. The Labute approximate surface area is 138 Å². The van der Waals surface area contributed by atoms with E-state index in [0.717, 1.165) is 12.1 Å². The molecule has 0 aliphatic carbocycles. The number of sulfonamides is 1. The van der Waals surface area contributed by atoms with Crippen LogP contribution < -0.4 is 0 Å². The molecule has 0 heterocycles. The molecule has 0 aliphatic heterocycles. The summed E-state index contributed by atoms with van der Waals surface area (Å²) in [5.74, 6) is -0.0813. The molecule has 0 bridgehead atoms. The predicted octanol–water partition coefficient (Wildman–Crippen LogP) is 2.34. The Kier molecular flexibility index (Phi) is 7.15. The summed E-state index contributed by atoms with van der Waals surface area (Å²) in [4.78, 5) is 13.6. The fourth-order valence-electron chi connectivity index (χ4n) is 2.20. The first-order valence-electron chi connectivity index (χ1n) is 7.60. The molecule has 130 valence electrons. The molecule has 1 aromatic carbocycles. The summed E-state index contributed by atoms with van der Waals surface area (Å²) in [6, 6.07) is 4.71. The average molecular weight is 344 g/mol. The van der Waals surface area contributed by atoms with Gasteiger partial charge in [0.1, 0.15) is 5.82 Å². The van der Waals surface area contributed by atoms with Gasteiger partial charge in [-0.1, -0.05) is 13.8 Å². The lowest BCUT2D eigenvalue weighted by atomic mass is 10.2. The van der Waals surface area contributed by atoms with E-state index in [9.17, 15) is 17.6 Å². The highest BCUT2D eigenvalue weighted by Crippen LogP contribution is 2.15. The second kappa shape index (κ2) is 8.40. The number of halogens is 1. The molecule has 23 heavy (non-hydrogen) atoms. The van der Waals surface area contributed by atoms with Gasteiger partial charge >= 0.3 is 0 Å². The second-order valence-corrected chi connectivity index (χ2v) is 8.10. The van der Waals surface area contributed by atoms with Crippen LogP contribution in [0.1, 0.15) is 26.7 Å². The van der Waals surface area contributed by atoms with E-state index in [0.29, 0.717) is 25.3 Å². The topological polar surface area (TPSA) is 57.7 Å². The molecule has 1 rings (SSSR count). The summed E-state index contributed by atoms with van der Waals surface area (Å²) in [6.45, 7) is 4.99. The Bertz CT molecular complexity index is 615. The van der Waals surface area contributed by atoms with Gasteiger partial charge in [-0.05, 0) is 36.6 Å². The molecule has 0 unspecified atom stereocenters. The monoisotopic (exact) mass is 344 g/mol. The minimum absolute atomic E-state index is 0.00581. The maximum absolute atomic E-state index is 12.9. The highest BCUT2D eigenvalue weighted by molar-refractivity contribution is 7.89. The molecule has 7 heteroatoms. The van der Waals surface area contributed by atoms with Gasteiger partial charge in [0, 0.05) is 33.6 Å². The van der Waals surface area contributed by atoms with Crippen LogP contribution in [-0.2, 0) is 14.8 Å². The third-order valence-corrected chi connectivity index (χ3v) is 5.32. The van der Waals surface area contributed by atoms with Crippen molar-refractivity contribution in [2.75, 3.05) is 27.2 Å². The quantitative estimate of drug-likeness (QED) is 0.727. The van der Waals surface area contributed by atoms with Crippen molar-refractivity contribution in [2.45, 2.75) is 31.6 Å². The fourth-order valence-corrected chi connectivity index (χ4v) is 3.41. The van der Waals surface area contributed by atoms with Gasteiger partial charge in [0.15, 0.2) is 0 Å². The van der Waals surface area contributed by atoms with Crippen molar-refractivity contribution >= 4 is 15.9 Å². The maximum atomic E-state index is 12.9. The first-order chi connectivity index (χ1) is 10.6. The number of amides is 1. The molecular weight excluding hydrogens is 319 g/mol. The summed E-state index contributed by atoms with van der Waals surface area (Å²) >= 11 is 0. The first kappa shape index (κ1) is 19.6. The minimum Gasteiger partial charge on any atom is -0.346 e. The molecule has 0 atom stereocenters. The van der Waals surface area contributed by atoms with E-state index in [2.05, 4.69) is 0 Å². The minimum atomic E-state index is -3.65. The Morgan fingerprint density at radius 2 is 1.74 bits per heavy atom. The molecule has 0 saturated heterocycles. The van der Waals surface area contributed by atoms with E-state index in [1.54, 1.807) is 11.9 Å². The van der Waals surface area contributed by atoms with Crippen molar-refractivity contribution in [3.8, 4) is 0 Å². The largest absolute Gasteiger partial charge is 0.346 e.